The van der Waals surface area contributed by atoms with E-state index in [-0.39, 0.29) is 0 Å². The third kappa shape index (κ3) is 2.82. The van der Waals surface area contributed by atoms with Crippen LogP contribution in [0.3, 0.4) is 0 Å². The van der Waals surface area contributed by atoms with Crippen LogP contribution < -0.4 is 5.32 Å². The zero-order valence-electron chi connectivity index (χ0n) is 9.63. The molecule has 1 aromatic rings. The molecular formula is C12H21NS. The fourth-order valence-electron chi connectivity index (χ4n) is 1.73. The quantitative estimate of drug-likeness (QED) is 0.782. The number of aryl methyl sites for hydroxylation is 1. The van der Waals surface area contributed by atoms with E-state index in [1.807, 2.05) is 11.3 Å². The lowest BCUT2D eigenvalue weighted by molar-refractivity contribution is 0.422. The third-order valence-corrected chi connectivity index (χ3v) is 3.82. The lowest BCUT2D eigenvalue weighted by Gasteiger charge is -2.19. The zero-order chi connectivity index (χ0) is 10.6. The van der Waals surface area contributed by atoms with E-state index < -0.39 is 0 Å². The van der Waals surface area contributed by atoms with Gasteiger partial charge in [-0.15, -0.1) is 11.3 Å². The summed E-state index contributed by atoms with van der Waals surface area (Å²) in [5.41, 5.74) is 1.48. The molecule has 80 valence electrons. The van der Waals surface area contributed by atoms with Crippen molar-refractivity contribution in [1.29, 1.82) is 0 Å². The van der Waals surface area contributed by atoms with E-state index in [9.17, 15) is 0 Å². The van der Waals surface area contributed by atoms with Gasteiger partial charge in [0.1, 0.15) is 0 Å². The van der Waals surface area contributed by atoms with Crippen LogP contribution in [-0.4, -0.2) is 7.05 Å². The van der Waals surface area contributed by atoms with Gasteiger partial charge < -0.3 is 5.32 Å². The van der Waals surface area contributed by atoms with Crippen LogP contribution in [-0.2, 0) is 0 Å². The Morgan fingerprint density at radius 1 is 1.50 bits per heavy atom. The van der Waals surface area contributed by atoms with Gasteiger partial charge in [-0.2, -0.15) is 0 Å². The highest BCUT2D eigenvalue weighted by Crippen LogP contribution is 2.27. The van der Waals surface area contributed by atoms with Crippen LogP contribution in [0, 0.1) is 12.8 Å². The molecule has 0 radical (unpaired) electrons. The number of rotatable bonds is 5. The van der Waals surface area contributed by atoms with Gasteiger partial charge >= 0.3 is 0 Å². The molecule has 0 saturated carbocycles. The molecule has 1 aromatic heterocycles. The molecule has 0 aliphatic carbocycles. The van der Waals surface area contributed by atoms with Gasteiger partial charge in [0, 0.05) is 10.9 Å². The Labute approximate surface area is 91.5 Å². The first-order valence-electron chi connectivity index (χ1n) is 5.40. The number of thiophene rings is 1. The molecule has 0 aliphatic heterocycles. The SMILES string of the molecule is CCC(C)CC(NC)c1ccsc1C. The van der Waals surface area contributed by atoms with Crippen molar-refractivity contribution >= 4 is 11.3 Å². The molecule has 1 nitrogen and oxygen atoms in total. The Morgan fingerprint density at radius 3 is 2.64 bits per heavy atom. The highest BCUT2D eigenvalue weighted by atomic mass is 32.1. The van der Waals surface area contributed by atoms with E-state index in [1.54, 1.807) is 0 Å². The fourth-order valence-corrected chi connectivity index (χ4v) is 2.49. The summed E-state index contributed by atoms with van der Waals surface area (Å²) in [4.78, 5) is 1.45. The monoisotopic (exact) mass is 211 g/mol. The molecule has 1 N–H and O–H groups in total. The van der Waals surface area contributed by atoms with Gasteiger partial charge in [0.15, 0.2) is 0 Å². The smallest absolute Gasteiger partial charge is 0.0331 e. The summed E-state index contributed by atoms with van der Waals surface area (Å²) in [6.45, 7) is 6.80. The van der Waals surface area contributed by atoms with Crippen LogP contribution in [0.15, 0.2) is 11.4 Å². The molecule has 0 fully saturated rings. The number of nitrogens with one attached hydrogen (secondary N) is 1. The maximum atomic E-state index is 3.42. The summed E-state index contributed by atoms with van der Waals surface area (Å²) in [7, 11) is 2.06. The summed E-state index contributed by atoms with van der Waals surface area (Å²) < 4.78 is 0. The molecule has 14 heavy (non-hydrogen) atoms. The van der Waals surface area contributed by atoms with Gasteiger partial charge in [-0.1, -0.05) is 20.3 Å². The minimum Gasteiger partial charge on any atom is -0.313 e. The van der Waals surface area contributed by atoms with Crippen LogP contribution in [0.1, 0.15) is 43.2 Å². The molecular weight excluding hydrogens is 190 g/mol. The average Bonchev–Trinajstić information content (AvgIpc) is 2.60. The Morgan fingerprint density at radius 2 is 2.21 bits per heavy atom. The van der Waals surface area contributed by atoms with Crippen molar-refractivity contribution in [1.82, 2.24) is 5.32 Å². The summed E-state index contributed by atoms with van der Waals surface area (Å²) in [6, 6.07) is 2.79. The van der Waals surface area contributed by atoms with E-state index in [1.165, 1.54) is 23.3 Å². The largest absolute Gasteiger partial charge is 0.313 e. The molecule has 2 unspecified atom stereocenters. The number of hydrogen-bond donors (Lipinski definition) is 1. The summed E-state index contributed by atoms with van der Waals surface area (Å²) in [5.74, 6) is 0.798. The Balaban J connectivity index is 2.67. The maximum Gasteiger partial charge on any atom is 0.0331 e. The molecule has 0 aromatic carbocycles. The highest BCUT2D eigenvalue weighted by Gasteiger charge is 2.14. The number of hydrogen-bond acceptors (Lipinski definition) is 2. The van der Waals surface area contributed by atoms with Crippen molar-refractivity contribution in [3.8, 4) is 0 Å². The highest BCUT2D eigenvalue weighted by molar-refractivity contribution is 7.10. The lowest BCUT2D eigenvalue weighted by Crippen LogP contribution is -2.19. The molecule has 1 heterocycles. The second-order valence-electron chi connectivity index (χ2n) is 4.02. The second kappa shape index (κ2) is 5.52. The van der Waals surface area contributed by atoms with E-state index in [0.29, 0.717) is 6.04 Å². The van der Waals surface area contributed by atoms with Crippen LogP contribution in [0.2, 0.25) is 0 Å². The first-order chi connectivity index (χ1) is 6.69. The van der Waals surface area contributed by atoms with Crippen molar-refractivity contribution in [2.24, 2.45) is 5.92 Å². The Hall–Kier alpha value is -0.340. The fraction of sp³-hybridized carbons (Fsp3) is 0.667. The minimum atomic E-state index is 0.538. The van der Waals surface area contributed by atoms with Gasteiger partial charge in [-0.3, -0.25) is 0 Å². The maximum absolute atomic E-state index is 3.42. The van der Waals surface area contributed by atoms with E-state index in [0.717, 1.165) is 5.92 Å². The zero-order valence-corrected chi connectivity index (χ0v) is 10.4. The average molecular weight is 211 g/mol. The van der Waals surface area contributed by atoms with Crippen molar-refractivity contribution in [2.75, 3.05) is 7.05 Å². The van der Waals surface area contributed by atoms with Crippen LogP contribution >= 0.6 is 11.3 Å². The Kier molecular flexibility index (Phi) is 4.63. The minimum absolute atomic E-state index is 0.538. The first kappa shape index (κ1) is 11.7. The van der Waals surface area contributed by atoms with Gasteiger partial charge in [-0.25, -0.2) is 0 Å². The molecule has 0 saturated heterocycles. The van der Waals surface area contributed by atoms with Gasteiger partial charge in [0.05, 0.1) is 0 Å². The standard InChI is InChI=1S/C12H21NS/c1-5-9(2)8-12(13-4)11-6-7-14-10(11)3/h6-7,9,12-13H,5,8H2,1-4H3. The van der Waals surface area contributed by atoms with Crippen LogP contribution in [0.25, 0.3) is 0 Å². The second-order valence-corrected chi connectivity index (χ2v) is 5.14. The van der Waals surface area contributed by atoms with Gasteiger partial charge in [0.25, 0.3) is 0 Å². The van der Waals surface area contributed by atoms with Crippen LogP contribution in [0.5, 0.6) is 0 Å². The molecule has 0 amide bonds. The normalized spacial score (nSPS) is 15.4. The van der Waals surface area contributed by atoms with Crippen molar-refractivity contribution in [3.05, 3.63) is 21.9 Å². The van der Waals surface area contributed by atoms with E-state index in [2.05, 4.69) is 44.6 Å². The lowest BCUT2D eigenvalue weighted by atomic mass is 9.95. The van der Waals surface area contributed by atoms with E-state index in [4.69, 9.17) is 0 Å². The van der Waals surface area contributed by atoms with Crippen molar-refractivity contribution < 1.29 is 0 Å². The predicted octanol–water partition coefficient (Wildman–Crippen LogP) is 3.75. The van der Waals surface area contributed by atoms with Crippen molar-refractivity contribution in [3.63, 3.8) is 0 Å². The third-order valence-electron chi connectivity index (χ3n) is 2.96. The van der Waals surface area contributed by atoms with Gasteiger partial charge in [-0.05, 0) is 43.3 Å². The topological polar surface area (TPSA) is 12.0 Å². The molecule has 2 heteroatoms. The van der Waals surface area contributed by atoms with E-state index >= 15 is 0 Å². The molecule has 0 bridgehead atoms. The first-order valence-corrected chi connectivity index (χ1v) is 6.28. The molecule has 1 rings (SSSR count). The molecule has 0 aliphatic rings. The van der Waals surface area contributed by atoms with Crippen molar-refractivity contribution in [2.45, 2.75) is 39.7 Å². The summed E-state index contributed by atoms with van der Waals surface area (Å²) in [6.07, 6.45) is 2.51. The molecule has 0 spiro atoms. The summed E-state index contributed by atoms with van der Waals surface area (Å²) in [5, 5.41) is 5.60. The Bertz CT molecular complexity index is 267. The van der Waals surface area contributed by atoms with Crippen LogP contribution in [0.4, 0.5) is 0 Å². The predicted molar refractivity (Wildman–Crippen MR) is 64.9 cm³/mol. The van der Waals surface area contributed by atoms with Gasteiger partial charge in [0.2, 0.25) is 0 Å². The molecule has 2 atom stereocenters. The summed E-state index contributed by atoms with van der Waals surface area (Å²) >= 11 is 1.84.